The van der Waals surface area contributed by atoms with Crippen LogP contribution in [0.25, 0.3) is 10.8 Å². The number of primary amides is 1. The van der Waals surface area contributed by atoms with Crippen LogP contribution in [0, 0.1) is 0 Å². The molecule has 1 heterocycles. The molecule has 46 heavy (non-hydrogen) atoms. The zero-order valence-electron chi connectivity index (χ0n) is 22.6. The van der Waals surface area contributed by atoms with E-state index in [1.807, 2.05) is 0 Å². The summed E-state index contributed by atoms with van der Waals surface area (Å²) in [7, 11) is -9.92. The van der Waals surface area contributed by atoms with Crippen LogP contribution >= 0.6 is 35.4 Å². The number of nitrogens with zero attached hydrogens (tertiary/aromatic N) is 5. The zero-order chi connectivity index (χ0) is 33.6. The number of aromatic nitrogens is 3. The molecule has 0 saturated carbocycles. The molecule has 0 unspecified atom stereocenters. The van der Waals surface area contributed by atoms with Crippen molar-refractivity contribution in [1.82, 2.24) is 15.0 Å². The molecular formula is C22H20ClN9O10S4. The van der Waals surface area contributed by atoms with Gasteiger partial charge in [-0.1, -0.05) is 16.8 Å². The lowest BCUT2D eigenvalue weighted by Gasteiger charge is -2.11. The first kappa shape index (κ1) is 35.1. The predicted octanol–water partition coefficient (Wildman–Crippen LogP) is 4.30. The summed E-state index contributed by atoms with van der Waals surface area (Å²) in [5.41, 5.74) is 10.5. The number of nitrogens with two attached hydrogens (primary N) is 2. The molecule has 9 N–H and O–H groups in total. The van der Waals surface area contributed by atoms with Crippen LogP contribution in [0.15, 0.2) is 72.5 Å². The summed E-state index contributed by atoms with van der Waals surface area (Å²) < 4.78 is 72.9. The minimum atomic E-state index is -5.00. The van der Waals surface area contributed by atoms with Crippen LogP contribution in [0.1, 0.15) is 0 Å². The van der Waals surface area contributed by atoms with Crippen molar-refractivity contribution in [2.45, 2.75) is 19.8 Å². The topological polar surface area (TPSA) is 304 Å². The number of benzene rings is 3. The number of fused-ring (bicyclic) bond motifs is 1. The smallest absolute Gasteiger partial charge is 0.316 e. The van der Waals surface area contributed by atoms with Gasteiger partial charge >= 0.3 is 6.03 Å². The van der Waals surface area contributed by atoms with Crippen molar-refractivity contribution in [2.75, 3.05) is 22.9 Å². The van der Waals surface area contributed by atoms with Gasteiger partial charge in [-0.25, -0.2) is 10.1 Å². The highest BCUT2D eigenvalue weighted by atomic mass is 35.5. The fraction of sp³-hybridized carbons (Fsp3) is 0.0909. The number of hydrogen-bond acceptors (Lipinski definition) is 17. The third-order valence-corrected chi connectivity index (χ3v) is 8.78. The van der Waals surface area contributed by atoms with E-state index in [1.165, 1.54) is 36.0 Å². The minimum absolute atomic E-state index is 0.0280. The number of nitrogens with one attached hydrogen (secondary N) is 2. The first-order chi connectivity index (χ1) is 21.7. The maximum Gasteiger partial charge on any atom is 0.316 e. The zero-order valence-corrected chi connectivity index (χ0v) is 26.6. The van der Waals surface area contributed by atoms with Gasteiger partial charge in [0, 0.05) is 28.3 Å². The second-order valence-electron chi connectivity index (χ2n) is 8.53. The number of hydrogen-bond donors (Lipinski definition) is 7. The molecule has 1 aromatic heterocycles. The highest BCUT2D eigenvalue weighted by molar-refractivity contribution is 7.99. The van der Waals surface area contributed by atoms with Crippen LogP contribution in [0.2, 0.25) is 5.28 Å². The summed E-state index contributed by atoms with van der Waals surface area (Å²) in [6.07, 6.45) is 0. The fourth-order valence-electron chi connectivity index (χ4n) is 3.69. The van der Waals surface area contributed by atoms with Gasteiger partial charge in [-0.3, -0.25) is 9.11 Å². The first-order valence-electron chi connectivity index (χ1n) is 12.0. The Morgan fingerprint density at radius 3 is 2.35 bits per heavy atom. The monoisotopic (exact) mass is 733 g/mol. The molecule has 0 aliphatic rings. The van der Waals surface area contributed by atoms with Gasteiger partial charge in [-0.05, 0) is 59.5 Å². The average Bonchev–Trinajstić information content (AvgIpc) is 2.96. The second-order valence-corrected chi connectivity index (χ2v) is 13.5. The van der Waals surface area contributed by atoms with Crippen molar-refractivity contribution in [3.8, 4) is 0 Å². The lowest BCUT2D eigenvalue weighted by molar-refractivity contribution is -0.432. The van der Waals surface area contributed by atoms with E-state index >= 15 is 0 Å². The summed E-state index contributed by atoms with van der Waals surface area (Å²) in [5.74, 6) is 0.578. The fourth-order valence-corrected chi connectivity index (χ4v) is 6.40. The quantitative estimate of drug-likeness (QED) is 0.0251. The summed E-state index contributed by atoms with van der Waals surface area (Å²) in [6, 6.07) is 7.12. The third kappa shape index (κ3) is 9.17. The summed E-state index contributed by atoms with van der Waals surface area (Å²) >= 11 is 7.56. The molecule has 0 fully saturated rings. The lowest BCUT2D eigenvalue weighted by Crippen LogP contribution is -2.19. The van der Waals surface area contributed by atoms with Crippen molar-refractivity contribution in [1.29, 1.82) is 0 Å². The number of thioether (sulfide) groups is 1. The maximum absolute atomic E-state index is 12.3. The Morgan fingerprint density at radius 2 is 1.70 bits per heavy atom. The van der Waals surface area contributed by atoms with E-state index in [4.69, 9.17) is 28.3 Å². The standard InChI is InChI=1S/C22H20ClN9O10S4/c23-19-28-21(30-22(29-19)43-4-3-24)26-11-1-2-14(15(7-11)27-20(25)33)31-32-16-9-13-10(6-18(16)46(38,39)40)5-12(44-42-41-34)8-17(13)45(35,36)37/h1-2,5-9,34H,3-4,24H2,(H3,25,27,33)(H,35,36,37)(H,38,39,40)(H,26,28,29,30). The van der Waals surface area contributed by atoms with E-state index in [9.17, 15) is 30.7 Å². The van der Waals surface area contributed by atoms with Crippen molar-refractivity contribution >= 4 is 101 Å². The molecule has 2 amide bonds. The van der Waals surface area contributed by atoms with Crippen molar-refractivity contribution in [2.24, 2.45) is 21.7 Å². The van der Waals surface area contributed by atoms with E-state index in [0.717, 1.165) is 18.2 Å². The number of halogens is 1. The normalized spacial score (nSPS) is 12.1. The van der Waals surface area contributed by atoms with Crippen molar-refractivity contribution < 1.29 is 45.4 Å². The van der Waals surface area contributed by atoms with Crippen molar-refractivity contribution in [3.05, 3.63) is 47.7 Å². The number of anilines is 3. The number of carbonyl (C=O) groups is 1. The van der Waals surface area contributed by atoms with Gasteiger partial charge in [-0.2, -0.15) is 31.8 Å². The molecule has 0 aliphatic carbocycles. The van der Waals surface area contributed by atoms with Crippen LogP contribution in [0.3, 0.4) is 0 Å². The largest absolute Gasteiger partial charge is 0.351 e. The van der Waals surface area contributed by atoms with Crippen LogP contribution in [-0.2, 0) is 29.6 Å². The Hall–Kier alpha value is -3.75. The van der Waals surface area contributed by atoms with E-state index in [2.05, 4.69) is 45.2 Å². The molecule has 3 aromatic carbocycles. The molecule has 0 atom stereocenters. The molecular weight excluding hydrogens is 714 g/mol. The average molecular weight is 734 g/mol. The molecule has 4 rings (SSSR count). The van der Waals surface area contributed by atoms with Crippen LogP contribution < -0.4 is 22.1 Å². The first-order valence-corrected chi connectivity index (χ1v) is 17.0. The second kappa shape index (κ2) is 14.8. The van der Waals surface area contributed by atoms with Gasteiger partial charge in [-0.15, -0.1) is 14.6 Å². The summed E-state index contributed by atoms with van der Waals surface area (Å²) in [6.45, 7) is 0.373. The Balaban J connectivity index is 1.79. The molecule has 0 radical (unpaired) electrons. The SMILES string of the molecule is NCCSc1nc(Cl)nc(Nc2ccc(N=Nc3cc4c(S(=O)(=O)O)cc(SOOO)cc4cc3S(=O)(=O)O)c(NC(N)=O)c2)n1. The Labute approximate surface area is 272 Å². The lowest BCUT2D eigenvalue weighted by atomic mass is 10.1. The van der Waals surface area contributed by atoms with E-state index in [0.29, 0.717) is 35.2 Å². The van der Waals surface area contributed by atoms with Gasteiger partial charge < -0.3 is 22.1 Å². The molecule has 0 bridgehead atoms. The Kier molecular flexibility index (Phi) is 11.3. The molecule has 24 heteroatoms. The maximum atomic E-state index is 12.3. The highest BCUT2D eigenvalue weighted by Gasteiger charge is 2.23. The molecule has 4 aromatic rings. The molecule has 0 spiro atoms. The number of azo groups is 1. The van der Waals surface area contributed by atoms with Crippen LogP contribution in [-0.4, -0.2) is 64.5 Å². The summed E-state index contributed by atoms with van der Waals surface area (Å²) in [4.78, 5) is 22.4. The Bertz CT molecular complexity index is 2050. The van der Waals surface area contributed by atoms with Crippen LogP contribution in [0.5, 0.6) is 0 Å². The molecule has 244 valence electrons. The van der Waals surface area contributed by atoms with Gasteiger partial charge in [0.2, 0.25) is 11.2 Å². The number of urea groups is 1. The van der Waals surface area contributed by atoms with Crippen LogP contribution in [0.4, 0.5) is 33.5 Å². The third-order valence-electron chi connectivity index (χ3n) is 5.40. The van der Waals surface area contributed by atoms with Crippen molar-refractivity contribution in [3.63, 3.8) is 0 Å². The molecule has 19 nitrogen and oxygen atoms in total. The summed E-state index contributed by atoms with van der Waals surface area (Å²) in [5, 5.41) is 24.8. The van der Waals surface area contributed by atoms with Gasteiger partial charge in [0.15, 0.2) is 5.16 Å². The molecule has 0 aliphatic heterocycles. The minimum Gasteiger partial charge on any atom is -0.351 e. The highest BCUT2D eigenvalue weighted by Crippen LogP contribution is 2.38. The number of amides is 2. The Morgan fingerprint density at radius 1 is 0.978 bits per heavy atom. The number of rotatable bonds is 13. The van der Waals surface area contributed by atoms with E-state index < -0.39 is 41.7 Å². The van der Waals surface area contributed by atoms with E-state index in [1.54, 1.807) is 0 Å². The van der Waals surface area contributed by atoms with E-state index in [-0.39, 0.29) is 38.3 Å². The van der Waals surface area contributed by atoms with Gasteiger partial charge in [0.1, 0.15) is 21.2 Å². The van der Waals surface area contributed by atoms with Gasteiger partial charge in [0.25, 0.3) is 20.2 Å². The molecule has 0 saturated heterocycles. The van der Waals surface area contributed by atoms with Gasteiger partial charge in [0.05, 0.1) is 17.7 Å². The predicted molar refractivity (Wildman–Crippen MR) is 166 cm³/mol. The number of carbonyl (C=O) groups excluding carboxylic acids is 1.